The molecule has 2 rings (SSSR count). The maximum Gasteiger partial charge on any atom is 0.0760 e. The molecule has 1 aliphatic rings. The van der Waals surface area contributed by atoms with E-state index >= 15 is 0 Å². The lowest BCUT2D eigenvalue weighted by Gasteiger charge is -2.17. The average molecular weight is 182 g/mol. The number of aromatic nitrogens is 1. The molecule has 0 atom stereocenters. The van der Waals surface area contributed by atoms with Crippen LogP contribution < -0.4 is 0 Å². The first-order valence-corrected chi connectivity index (χ1v) is 5.76. The van der Waals surface area contributed by atoms with E-state index in [1.165, 1.54) is 0 Å². The molecule has 0 spiro atoms. The molecule has 1 saturated heterocycles. The molecule has 0 unspecified atom stereocenters. The third-order valence-corrected chi connectivity index (χ3v) is 4.26. The van der Waals surface area contributed by atoms with Crippen molar-refractivity contribution in [2.45, 2.75) is 6.42 Å². The summed E-state index contributed by atoms with van der Waals surface area (Å²) in [6.07, 6.45) is 4.38. The first-order chi connectivity index (χ1) is 5.79. The summed E-state index contributed by atoms with van der Waals surface area (Å²) in [6.45, 7) is 0. The molecule has 12 heavy (non-hydrogen) atoms. The quantitative estimate of drug-likeness (QED) is 0.661. The van der Waals surface area contributed by atoms with Crippen LogP contribution in [0.15, 0.2) is 28.9 Å². The summed E-state index contributed by atoms with van der Waals surface area (Å²) in [5.41, 5.74) is 0.787. The van der Waals surface area contributed by atoms with E-state index in [1.807, 2.05) is 0 Å². The summed E-state index contributed by atoms with van der Waals surface area (Å²) >= 11 is 0. The van der Waals surface area contributed by atoms with Gasteiger partial charge in [-0.2, -0.15) is 4.36 Å². The van der Waals surface area contributed by atoms with Crippen molar-refractivity contribution in [3.63, 3.8) is 0 Å². The van der Waals surface area contributed by atoms with E-state index in [4.69, 9.17) is 0 Å². The van der Waals surface area contributed by atoms with E-state index in [2.05, 4.69) is 9.35 Å². The van der Waals surface area contributed by atoms with Gasteiger partial charge in [0.1, 0.15) is 0 Å². The fourth-order valence-corrected chi connectivity index (χ4v) is 2.55. The molecule has 0 aromatic carbocycles. The zero-order valence-corrected chi connectivity index (χ0v) is 7.46. The Morgan fingerprint density at radius 1 is 1.33 bits per heavy atom. The van der Waals surface area contributed by atoms with Gasteiger partial charge in [-0.1, -0.05) is 0 Å². The highest BCUT2D eigenvalue weighted by molar-refractivity contribution is 7.95. The van der Waals surface area contributed by atoms with Crippen molar-refractivity contribution in [3.8, 4) is 0 Å². The van der Waals surface area contributed by atoms with Gasteiger partial charge < -0.3 is 0 Å². The summed E-state index contributed by atoms with van der Waals surface area (Å²) in [5, 5.41) is 0. The van der Waals surface area contributed by atoms with Crippen molar-refractivity contribution in [2.75, 3.05) is 11.5 Å². The Morgan fingerprint density at radius 2 is 2.00 bits per heavy atom. The van der Waals surface area contributed by atoms with Crippen LogP contribution in [0.2, 0.25) is 0 Å². The number of hydrogen-bond acceptors (Lipinski definition) is 3. The largest absolute Gasteiger partial charge is 0.265 e. The van der Waals surface area contributed by atoms with Gasteiger partial charge in [0.05, 0.1) is 15.4 Å². The molecule has 0 aliphatic carbocycles. The molecule has 0 amide bonds. The Labute approximate surface area is 72.0 Å². The van der Waals surface area contributed by atoms with Crippen LogP contribution >= 0.6 is 0 Å². The number of pyridine rings is 1. The molecule has 0 saturated carbocycles. The van der Waals surface area contributed by atoms with E-state index < -0.39 is 9.73 Å². The van der Waals surface area contributed by atoms with Gasteiger partial charge in [-0.3, -0.25) is 4.98 Å². The predicted octanol–water partition coefficient (Wildman–Crippen LogP) is 1.58. The molecule has 1 aromatic heterocycles. The molecule has 4 heteroatoms. The Balaban J connectivity index is 2.35. The molecule has 0 N–H and O–H groups in total. The molecule has 0 radical (unpaired) electrons. The van der Waals surface area contributed by atoms with Crippen LogP contribution in [0.1, 0.15) is 6.42 Å². The predicted molar refractivity (Wildman–Crippen MR) is 48.8 cm³/mol. The smallest absolute Gasteiger partial charge is 0.0760 e. The first kappa shape index (κ1) is 7.73. The van der Waals surface area contributed by atoms with Gasteiger partial charge in [-0.05, 0) is 18.6 Å². The number of hydrogen-bond donors (Lipinski definition) is 0. The highest BCUT2D eigenvalue weighted by Gasteiger charge is 2.18. The van der Waals surface area contributed by atoms with Crippen molar-refractivity contribution >= 4 is 15.4 Å². The van der Waals surface area contributed by atoms with Crippen LogP contribution in [0.3, 0.4) is 0 Å². The Bertz CT molecular complexity index is 369. The monoisotopic (exact) mass is 182 g/mol. The number of rotatable bonds is 1. The molecule has 3 nitrogen and oxygen atoms in total. The minimum absolute atomic E-state index is 0.759. The lowest BCUT2D eigenvalue weighted by molar-refractivity contribution is 0.663. The second-order valence-electron chi connectivity index (χ2n) is 2.83. The summed E-state index contributed by atoms with van der Waals surface area (Å²) in [5.74, 6) is 1.52. The van der Waals surface area contributed by atoms with Gasteiger partial charge in [-0.25, -0.2) is 4.21 Å². The minimum Gasteiger partial charge on any atom is -0.265 e. The normalized spacial score (nSPS) is 19.7. The molecule has 1 fully saturated rings. The summed E-state index contributed by atoms with van der Waals surface area (Å²) in [4.78, 5) is 3.87. The van der Waals surface area contributed by atoms with Crippen LogP contribution in [0.25, 0.3) is 0 Å². The van der Waals surface area contributed by atoms with Crippen LogP contribution in [0.5, 0.6) is 0 Å². The average Bonchev–Trinajstić information content (AvgIpc) is 2.04. The Hall–Kier alpha value is -0.900. The molecule has 2 heterocycles. The molecule has 64 valence electrons. The molecular weight excluding hydrogens is 172 g/mol. The fourth-order valence-electron chi connectivity index (χ4n) is 1.08. The van der Waals surface area contributed by atoms with Crippen molar-refractivity contribution < 1.29 is 4.21 Å². The van der Waals surface area contributed by atoms with E-state index in [-0.39, 0.29) is 0 Å². The SMILES string of the molecule is O=S1(=Nc2ccncc2)CCC1. The number of nitrogens with zero attached hydrogens (tertiary/aromatic N) is 2. The lowest BCUT2D eigenvalue weighted by atomic mass is 10.4. The lowest BCUT2D eigenvalue weighted by Crippen LogP contribution is -2.22. The highest BCUT2D eigenvalue weighted by Crippen LogP contribution is 2.19. The fraction of sp³-hybridized carbons (Fsp3) is 0.375. The van der Waals surface area contributed by atoms with Crippen molar-refractivity contribution in [2.24, 2.45) is 4.36 Å². The second kappa shape index (κ2) is 2.86. The zero-order valence-electron chi connectivity index (χ0n) is 6.64. The molecule has 0 bridgehead atoms. The van der Waals surface area contributed by atoms with Gasteiger partial charge in [0.25, 0.3) is 0 Å². The van der Waals surface area contributed by atoms with E-state index in [0.717, 1.165) is 23.6 Å². The third kappa shape index (κ3) is 1.48. The Kier molecular flexibility index (Phi) is 1.84. The highest BCUT2D eigenvalue weighted by atomic mass is 32.2. The molecule has 1 aromatic rings. The van der Waals surface area contributed by atoms with Gasteiger partial charge >= 0.3 is 0 Å². The standard InChI is InChI=1S/C8H10N2OS/c11-12(6-1-7-12)10-8-2-4-9-5-3-8/h2-5H,1,6-7H2. The maximum atomic E-state index is 11.6. The van der Waals surface area contributed by atoms with Gasteiger partial charge in [0, 0.05) is 23.9 Å². The van der Waals surface area contributed by atoms with Crippen LogP contribution in [-0.2, 0) is 9.73 Å². The molecular formula is C8H10N2OS. The first-order valence-electron chi connectivity index (χ1n) is 3.91. The van der Waals surface area contributed by atoms with Gasteiger partial charge in [-0.15, -0.1) is 0 Å². The third-order valence-electron chi connectivity index (χ3n) is 1.86. The van der Waals surface area contributed by atoms with Crippen LogP contribution in [0, 0.1) is 0 Å². The van der Waals surface area contributed by atoms with Crippen LogP contribution in [0.4, 0.5) is 5.69 Å². The molecule has 1 aliphatic heterocycles. The van der Waals surface area contributed by atoms with Crippen molar-refractivity contribution in [1.82, 2.24) is 4.98 Å². The Morgan fingerprint density at radius 3 is 2.50 bits per heavy atom. The second-order valence-corrected chi connectivity index (χ2v) is 5.38. The van der Waals surface area contributed by atoms with Gasteiger partial charge in [0.2, 0.25) is 0 Å². The van der Waals surface area contributed by atoms with Crippen molar-refractivity contribution in [3.05, 3.63) is 24.5 Å². The van der Waals surface area contributed by atoms with E-state index in [0.29, 0.717) is 0 Å². The van der Waals surface area contributed by atoms with Gasteiger partial charge in [0.15, 0.2) is 0 Å². The summed E-state index contributed by atoms with van der Waals surface area (Å²) in [7, 11) is -1.84. The zero-order chi connectivity index (χ0) is 8.44. The van der Waals surface area contributed by atoms with Crippen molar-refractivity contribution in [1.29, 1.82) is 0 Å². The summed E-state index contributed by atoms with van der Waals surface area (Å²) in [6, 6.07) is 3.57. The minimum atomic E-state index is -1.84. The van der Waals surface area contributed by atoms with Crippen LogP contribution in [-0.4, -0.2) is 20.7 Å². The van der Waals surface area contributed by atoms with E-state index in [9.17, 15) is 4.21 Å². The summed E-state index contributed by atoms with van der Waals surface area (Å²) < 4.78 is 15.8. The topological polar surface area (TPSA) is 42.3 Å². The maximum absolute atomic E-state index is 11.6. The van der Waals surface area contributed by atoms with E-state index in [1.54, 1.807) is 24.5 Å².